The molecule has 0 saturated heterocycles. The number of nitrogens with one attached hydrogen (secondary N) is 1. The second kappa shape index (κ2) is 6.33. The van der Waals surface area contributed by atoms with Crippen LogP contribution in [-0.4, -0.2) is 53.8 Å². The third-order valence-electron chi connectivity index (χ3n) is 3.21. The molecular weight excluding hydrogens is 262 g/mol. The number of carbonyl (C=O) groups excluding carboxylic acids is 1. The van der Waals surface area contributed by atoms with Crippen molar-refractivity contribution in [1.82, 2.24) is 15.2 Å². The normalized spacial score (nSPS) is 13.8. The van der Waals surface area contributed by atoms with Crippen molar-refractivity contribution in [2.24, 2.45) is 0 Å². The first-order valence-corrected chi connectivity index (χ1v) is 6.35. The Balaban J connectivity index is 2.09. The summed E-state index contributed by atoms with van der Waals surface area (Å²) in [6, 6.07) is 1.25. The van der Waals surface area contributed by atoms with E-state index in [1.54, 1.807) is 12.0 Å². The van der Waals surface area contributed by atoms with Crippen molar-refractivity contribution in [1.29, 1.82) is 0 Å². The first kappa shape index (κ1) is 14.3. The zero-order valence-corrected chi connectivity index (χ0v) is 11.3. The Labute approximate surface area is 116 Å². The number of rotatable bonds is 4. The van der Waals surface area contributed by atoms with Crippen molar-refractivity contribution in [3.8, 4) is 0 Å². The van der Waals surface area contributed by atoms with Crippen molar-refractivity contribution in [3.63, 3.8) is 0 Å². The third-order valence-corrected chi connectivity index (χ3v) is 3.21. The molecule has 0 fully saturated rings. The quantitative estimate of drug-likeness (QED) is 0.783. The molecule has 2 heterocycles. The molecule has 20 heavy (non-hydrogen) atoms. The van der Waals surface area contributed by atoms with Crippen molar-refractivity contribution >= 4 is 12.0 Å². The lowest BCUT2D eigenvalue weighted by Gasteiger charge is -2.29. The Morgan fingerprint density at radius 2 is 2.35 bits per heavy atom. The van der Waals surface area contributed by atoms with Crippen LogP contribution in [0.3, 0.4) is 0 Å². The highest BCUT2D eigenvalue weighted by Crippen LogP contribution is 2.20. The van der Waals surface area contributed by atoms with E-state index in [2.05, 4.69) is 10.3 Å². The van der Waals surface area contributed by atoms with Crippen LogP contribution in [-0.2, 0) is 17.7 Å². The van der Waals surface area contributed by atoms with E-state index in [4.69, 9.17) is 4.74 Å². The first-order chi connectivity index (χ1) is 9.63. The average molecular weight is 279 g/mol. The number of carbonyl (C=O) groups is 2. The van der Waals surface area contributed by atoms with Gasteiger partial charge in [0.25, 0.3) is 0 Å². The van der Waals surface area contributed by atoms with Gasteiger partial charge in [0.05, 0.1) is 18.7 Å². The molecule has 0 unspecified atom stereocenters. The molecule has 2 N–H and O–H groups in total. The van der Waals surface area contributed by atoms with E-state index in [-0.39, 0.29) is 18.1 Å². The summed E-state index contributed by atoms with van der Waals surface area (Å²) in [5.74, 6) is -0.995. The maximum Gasteiger partial charge on any atom is 0.336 e. The molecule has 0 atom stereocenters. The summed E-state index contributed by atoms with van der Waals surface area (Å²) in [6.07, 6.45) is 2.06. The van der Waals surface area contributed by atoms with Gasteiger partial charge in [-0.25, -0.2) is 9.59 Å². The molecule has 0 spiro atoms. The van der Waals surface area contributed by atoms with Gasteiger partial charge < -0.3 is 20.1 Å². The highest BCUT2D eigenvalue weighted by Gasteiger charge is 2.25. The van der Waals surface area contributed by atoms with Gasteiger partial charge in [-0.1, -0.05) is 0 Å². The average Bonchev–Trinajstić information content (AvgIpc) is 2.46. The molecule has 0 radical (unpaired) electrons. The van der Waals surface area contributed by atoms with E-state index in [1.165, 1.54) is 12.3 Å². The molecule has 7 nitrogen and oxygen atoms in total. The van der Waals surface area contributed by atoms with E-state index in [1.807, 2.05) is 0 Å². The van der Waals surface area contributed by atoms with E-state index in [9.17, 15) is 14.7 Å². The molecular formula is C13H17N3O4. The molecule has 0 aromatic carbocycles. The number of amides is 2. The molecule has 0 bridgehead atoms. The summed E-state index contributed by atoms with van der Waals surface area (Å²) in [6.45, 7) is 1.67. The number of fused-ring (bicyclic) bond motifs is 1. The molecule has 1 aliphatic rings. The van der Waals surface area contributed by atoms with Crippen LogP contribution in [0.5, 0.6) is 0 Å². The number of ether oxygens (including phenoxy) is 1. The maximum absolute atomic E-state index is 12.0. The van der Waals surface area contributed by atoms with E-state index in [0.29, 0.717) is 31.7 Å². The minimum absolute atomic E-state index is 0.212. The topological polar surface area (TPSA) is 91.8 Å². The Bertz CT molecular complexity index is 518. The number of aromatic nitrogens is 1. The Morgan fingerprint density at radius 1 is 1.55 bits per heavy atom. The number of hydrogen-bond acceptors (Lipinski definition) is 4. The second-order valence-electron chi connectivity index (χ2n) is 4.49. The van der Waals surface area contributed by atoms with Gasteiger partial charge in [0.15, 0.2) is 0 Å². The monoisotopic (exact) mass is 279 g/mol. The molecule has 0 saturated carbocycles. The van der Waals surface area contributed by atoms with Crippen molar-refractivity contribution in [2.45, 2.75) is 13.0 Å². The lowest BCUT2D eigenvalue weighted by Crippen LogP contribution is -2.44. The summed E-state index contributed by atoms with van der Waals surface area (Å²) < 4.78 is 4.87. The molecule has 0 aliphatic carbocycles. The SMILES string of the molecule is COCCNC(=O)N1CCc2nccc(C(=O)O)c2C1. The first-order valence-electron chi connectivity index (χ1n) is 6.35. The van der Waals surface area contributed by atoms with Crippen molar-refractivity contribution < 1.29 is 19.4 Å². The Hall–Kier alpha value is -2.15. The molecule has 1 aromatic rings. The third kappa shape index (κ3) is 3.05. The van der Waals surface area contributed by atoms with E-state index < -0.39 is 5.97 Å². The van der Waals surface area contributed by atoms with E-state index in [0.717, 1.165) is 5.69 Å². The molecule has 108 valence electrons. The van der Waals surface area contributed by atoms with Crippen LogP contribution in [0.1, 0.15) is 21.6 Å². The van der Waals surface area contributed by atoms with Gasteiger partial charge in [0, 0.05) is 44.1 Å². The Kier molecular flexibility index (Phi) is 4.52. The van der Waals surface area contributed by atoms with Gasteiger partial charge in [-0.2, -0.15) is 0 Å². The van der Waals surface area contributed by atoms with Gasteiger partial charge in [-0.15, -0.1) is 0 Å². The van der Waals surface area contributed by atoms with Crippen LogP contribution >= 0.6 is 0 Å². The second-order valence-corrected chi connectivity index (χ2v) is 4.49. The maximum atomic E-state index is 12.0. The smallest absolute Gasteiger partial charge is 0.336 e. The summed E-state index contributed by atoms with van der Waals surface area (Å²) in [5, 5.41) is 11.9. The highest BCUT2D eigenvalue weighted by atomic mass is 16.5. The number of aromatic carboxylic acids is 1. The summed E-state index contributed by atoms with van der Waals surface area (Å²) in [4.78, 5) is 28.9. The summed E-state index contributed by atoms with van der Waals surface area (Å²) in [5.41, 5.74) is 1.59. The fourth-order valence-corrected chi connectivity index (χ4v) is 2.18. The Morgan fingerprint density at radius 3 is 3.05 bits per heavy atom. The molecule has 1 aromatic heterocycles. The van der Waals surface area contributed by atoms with Crippen LogP contribution in [0.25, 0.3) is 0 Å². The van der Waals surface area contributed by atoms with Crippen molar-refractivity contribution in [2.75, 3.05) is 26.8 Å². The fraction of sp³-hybridized carbons (Fsp3) is 0.462. The van der Waals surface area contributed by atoms with Gasteiger partial charge in [-0.05, 0) is 6.07 Å². The van der Waals surface area contributed by atoms with Crippen LogP contribution in [0.4, 0.5) is 4.79 Å². The number of pyridine rings is 1. The fourth-order valence-electron chi connectivity index (χ4n) is 2.18. The molecule has 2 amide bonds. The molecule has 7 heteroatoms. The van der Waals surface area contributed by atoms with Gasteiger partial charge in [0.1, 0.15) is 0 Å². The predicted octanol–water partition coefficient (Wildman–Crippen LogP) is 0.494. The molecule has 1 aliphatic heterocycles. The highest BCUT2D eigenvalue weighted by molar-refractivity contribution is 5.89. The van der Waals surface area contributed by atoms with E-state index >= 15 is 0 Å². The minimum atomic E-state index is -0.995. The van der Waals surface area contributed by atoms with Crippen LogP contribution in [0.2, 0.25) is 0 Å². The van der Waals surface area contributed by atoms with Gasteiger partial charge in [0.2, 0.25) is 0 Å². The zero-order valence-electron chi connectivity index (χ0n) is 11.3. The van der Waals surface area contributed by atoms with Crippen molar-refractivity contribution in [3.05, 3.63) is 29.1 Å². The lowest BCUT2D eigenvalue weighted by atomic mass is 10.0. The number of hydrogen-bond donors (Lipinski definition) is 2. The molecule has 2 rings (SSSR count). The zero-order chi connectivity index (χ0) is 14.5. The standard InChI is InChI=1S/C13H17N3O4/c1-20-7-5-15-13(19)16-6-3-11-10(8-16)9(12(17)18)2-4-14-11/h2,4H,3,5-8H2,1H3,(H,15,19)(H,17,18). The lowest BCUT2D eigenvalue weighted by molar-refractivity contribution is 0.0693. The number of urea groups is 1. The number of methoxy groups -OCH3 is 1. The largest absolute Gasteiger partial charge is 0.478 e. The van der Waals surface area contributed by atoms with Crippen LogP contribution in [0, 0.1) is 0 Å². The summed E-state index contributed by atoms with van der Waals surface area (Å²) >= 11 is 0. The number of carboxylic acid groups (broad SMARTS) is 1. The number of nitrogens with zero attached hydrogens (tertiary/aromatic N) is 2. The van der Waals surface area contributed by atoms with Gasteiger partial charge in [-0.3, -0.25) is 4.98 Å². The summed E-state index contributed by atoms with van der Waals surface area (Å²) in [7, 11) is 1.56. The minimum Gasteiger partial charge on any atom is -0.478 e. The predicted molar refractivity (Wildman–Crippen MR) is 70.6 cm³/mol. The van der Waals surface area contributed by atoms with Gasteiger partial charge >= 0.3 is 12.0 Å². The van der Waals surface area contributed by atoms with Crippen LogP contribution < -0.4 is 5.32 Å². The van der Waals surface area contributed by atoms with Crippen LogP contribution in [0.15, 0.2) is 12.3 Å². The number of carboxylic acids is 1.